The zero-order chi connectivity index (χ0) is 31.8. The maximum absolute atomic E-state index is 14.7. The molecule has 0 radical (unpaired) electrons. The quantitative estimate of drug-likeness (QED) is 0.244. The summed E-state index contributed by atoms with van der Waals surface area (Å²) in [5, 5.41) is 17.0. The molecule has 2 rings (SSSR count). The number of anilines is 1. The Kier molecular flexibility index (Phi) is 12.4. The summed E-state index contributed by atoms with van der Waals surface area (Å²) in [4.78, 5) is 43.4. The van der Waals surface area contributed by atoms with Crippen LogP contribution in [0.3, 0.4) is 0 Å². The first kappa shape index (κ1) is 34.7. The highest BCUT2D eigenvalue weighted by atomic mass is 16.6. The molecule has 2 aromatic rings. The molecule has 0 fully saturated rings. The van der Waals surface area contributed by atoms with E-state index in [1.165, 1.54) is 0 Å². The van der Waals surface area contributed by atoms with Crippen LogP contribution in [0, 0.1) is 25.7 Å². The first-order chi connectivity index (χ1) is 19.6. The lowest BCUT2D eigenvalue weighted by Gasteiger charge is -2.40. The van der Waals surface area contributed by atoms with Crippen molar-refractivity contribution in [3.8, 4) is 5.75 Å². The van der Waals surface area contributed by atoms with Gasteiger partial charge in [-0.1, -0.05) is 70.5 Å². The number of phenolic OH excluding ortho intramolecular Hbond substituents is 1. The lowest BCUT2D eigenvalue weighted by Crippen LogP contribution is -2.57. The van der Waals surface area contributed by atoms with Gasteiger partial charge in [0.05, 0.1) is 0 Å². The monoisotopic (exact) mass is 581 g/mol. The van der Waals surface area contributed by atoms with Crippen LogP contribution < -0.4 is 10.6 Å². The molecule has 3 amide bonds. The van der Waals surface area contributed by atoms with Gasteiger partial charge in [0.25, 0.3) is 5.91 Å². The molecule has 8 heteroatoms. The largest absolute Gasteiger partial charge is 0.507 e. The third kappa shape index (κ3) is 9.50. The molecule has 0 saturated heterocycles. The zero-order valence-electron chi connectivity index (χ0n) is 27.1. The second-order valence-electron chi connectivity index (χ2n) is 12.8. The molecule has 42 heavy (non-hydrogen) atoms. The van der Waals surface area contributed by atoms with Crippen LogP contribution in [0.4, 0.5) is 10.5 Å². The van der Waals surface area contributed by atoms with Crippen molar-refractivity contribution in [3.63, 3.8) is 0 Å². The molecule has 0 saturated carbocycles. The van der Waals surface area contributed by atoms with E-state index in [1.807, 2.05) is 45.9 Å². The van der Waals surface area contributed by atoms with Gasteiger partial charge < -0.3 is 25.4 Å². The Morgan fingerprint density at radius 2 is 1.55 bits per heavy atom. The first-order valence-corrected chi connectivity index (χ1v) is 15.0. The Balaban J connectivity index is 2.72. The molecule has 0 bridgehead atoms. The molecule has 232 valence electrons. The minimum Gasteiger partial charge on any atom is -0.507 e. The fourth-order valence-corrected chi connectivity index (χ4v) is 4.82. The highest BCUT2D eigenvalue weighted by Gasteiger charge is 2.41. The smallest absolute Gasteiger partial charge is 0.408 e. The number of carbonyl (C=O) groups is 3. The minimum absolute atomic E-state index is 0.0449. The van der Waals surface area contributed by atoms with E-state index in [0.717, 1.165) is 12.0 Å². The number of amides is 3. The zero-order valence-corrected chi connectivity index (χ0v) is 27.1. The van der Waals surface area contributed by atoms with E-state index >= 15 is 0 Å². The fraction of sp³-hybridized carbons (Fsp3) is 0.559. The highest BCUT2D eigenvalue weighted by molar-refractivity contribution is 6.00. The second-order valence-corrected chi connectivity index (χ2v) is 12.8. The minimum atomic E-state index is -1.16. The molecule has 0 aliphatic heterocycles. The van der Waals surface area contributed by atoms with Crippen molar-refractivity contribution in [2.45, 2.75) is 112 Å². The average Bonchev–Trinajstić information content (AvgIpc) is 2.90. The number of aryl methyl sites for hydroxylation is 2. The van der Waals surface area contributed by atoms with Crippen molar-refractivity contribution in [2.75, 3.05) is 5.32 Å². The molecule has 3 N–H and O–H groups in total. The van der Waals surface area contributed by atoms with Gasteiger partial charge in [-0.2, -0.15) is 0 Å². The number of aromatic hydroxyl groups is 1. The number of rotatable bonds is 12. The van der Waals surface area contributed by atoms with Gasteiger partial charge in [0, 0.05) is 17.3 Å². The Bertz CT molecular complexity index is 1220. The number of phenols is 1. The van der Waals surface area contributed by atoms with Crippen LogP contribution in [0.25, 0.3) is 0 Å². The molecule has 0 aromatic heterocycles. The molecular weight excluding hydrogens is 530 g/mol. The predicted octanol–water partition coefficient (Wildman–Crippen LogP) is 7.28. The number of alkyl carbamates (subject to hydrolysis) is 1. The molecule has 4 unspecified atom stereocenters. The lowest BCUT2D eigenvalue weighted by atomic mass is 9.92. The maximum Gasteiger partial charge on any atom is 0.408 e. The summed E-state index contributed by atoms with van der Waals surface area (Å²) < 4.78 is 5.51. The van der Waals surface area contributed by atoms with E-state index < -0.39 is 35.6 Å². The van der Waals surface area contributed by atoms with Crippen molar-refractivity contribution in [3.05, 3.63) is 59.2 Å². The van der Waals surface area contributed by atoms with Crippen molar-refractivity contribution in [1.29, 1.82) is 0 Å². The van der Waals surface area contributed by atoms with Crippen LogP contribution in [0.1, 0.15) is 97.4 Å². The lowest BCUT2D eigenvalue weighted by molar-refractivity contribution is -0.144. The van der Waals surface area contributed by atoms with Gasteiger partial charge in [-0.25, -0.2) is 4.79 Å². The van der Waals surface area contributed by atoms with Crippen LogP contribution in [0.2, 0.25) is 0 Å². The number of nitrogens with zero attached hydrogens (tertiary/aromatic N) is 1. The van der Waals surface area contributed by atoms with Gasteiger partial charge in [-0.3, -0.25) is 9.59 Å². The van der Waals surface area contributed by atoms with E-state index in [2.05, 4.69) is 24.5 Å². The van der Waals surface area contributed by atoms with E-state index in [-0.39, 0.29) is 17.7 Å². The number of benzene rings is 2. The normalized spacial score (nSPS) is 14.5. The Hall–Kier alpha value is -3.55. The summed E-state index contributed by atoms with van der Waals surface area (Å²) >= 11 is 0. The summed E-state index contributed by atoms with van der Waals surface area (Å²) in [6.07, 6.45) is 1.36. The van der Waals surface area contributed by atoms with Gasteiger partial charge in [0.1, 0.15) is 23.4 Å². The topological polar surface area (TPSA) is 108 Å². The predicted molar refractivity (Wildman–Crippen MR) is 168 cm³/mol. The standard InChI is InChI=1S/C34H51N3O5/c1-11-22(4)28(36-33(41)42-34(8,9)10)32(40)37(25(7)20-19-21(2)3)29(26-17-14-16-24(6)30(26)38)31(39)35-27-18-13-12-15-23(27)5/h12-18,21-22,25,28-29,38H,11,19-20H2,1-10H3,(H,35,39)(H,36,41). The van der Waals surface area contributed by atoms with E-state index in [0.29, 0.717) is 35.6 Å². The summed E-state index contributed by atoms with van der Waals surface area (Å²) in [5.41, 5.74) is 1.65. The van der Waals surface area contributed by atoms with Crippen LogP contribution in [0.15, 0.2) is 42.5 Å². The van der Waals surface area contributed by atoms with Gasteiger partial charge in [-0.05, 0) is 83.4 Å². The maximum atomic E-state index is 14.7. The van der Waals surface area contributed by atoms with Gasteiger partial charge in [0.15, 0.2) is 0 Å². The second kappa shape index (κ2) is 15.1. The summed E-state index contributed by atoms with van der Waals surface area (Å²) in [6, 6.07) is 10.1. The molecule has 0 spiro atoms. The summed E-state index contributed by atoms with van der Waals surface area (Å²) in [5.74, 6) is -0.777. The molecule has 8 nitrogen and oxygen atoms in total. The molecular formula is C34H51N3O5. The molecule has 2 aromatic carbocycles. The van der Waals surface area contributed by atoms with E-state index in [4.69, 9.17) is 4.74 Å². The van der Waals surface area contributed by atoms with Crippen molar-refractivity contribution in [2.24, 2.45) is 11.8 Å². The Morgan fingerprint density at radius 3 is 2.12 bits per heavy atom. The molecule has 0 aliphatic carbocycles. The summed E-state index contributed by atoms with van der Waals surface area (Å²) in [7, 11) is 0. The fourth-order valence-electron chi connectivity index (χ4n) is 4.82. The Morgan fingerprint density at radius 1 is 0.929 bits per heavy atom. The number of ether oxygens (including phenoxy) is 1. The van der Waals surface area contributed by atoms with Gasteiger partial charge >= 0.3 is 6.09 Å². The van der Waals surface area contributed by atoms with Crippen LogP contribution in [-0.2, 0) is 14.3 Å². The third-order valence-electron chi connectivity index (χ3n) is 7.54. The average molecular weight is 582 g/mol. The van der Waals surface area contributed by atoms with Crippen molar-refractivity contribution in [1.82, 2.24) is 10.2 Å². The molecule has 0 heterocycles. The SMILES string of the molecule is CCC(C)C(NC(=O)OC(C)(C)C)C(=O)N(C(C)CCC(C)C)C(C(=O)Nc1ccccc1C)c1cccc(C)c1O. The molecule has 4 atom stereocenters. The van der Waals surface area contributed by atoms with Crippen molar-refractivity contribution >= 4 is 23.6 Å². The molecule has 0 aliphatic rings. The van der Waals surface area contributed by atoms with Crippen molar-refractivity contribution < 1.29 is 24.2 Å². The number of carbonyl (C=O) groups excluding carboxylic acids is 3. The van der Waals surface area contributed by atoms with Crippen LogP contribution >= 0.6 is 0 Å². The third-order valence-corrected chi connectivity index (χ3v) is 7.54. The number of hydrogen-bond donors (Lipinski definition) is 3. The number of para-hydroxylation sites is 2. The van der Waals surface area contributed by atoms with Crippen LogP contribution in [-0.4, -0.2) is 45.6 Å². The number of hydrogen-bond acceptors (Lipinski definition) is 5. The van der Waals surface area contributed by atoms with Gasteiger partial charge in [-0.15, -0.1) is 0 Å². The number of nitrogens with one attached hydrogen (secondary N) is 2. The van der Waals surface area contributed by atoms with Gasteiger partial charge in [0.2, 0.25) is 5.91 Å². The Labute approximate surface area is 252 Å². The summed E-state index contributed by atoms with van der Waals surface area (Å²) in [6.45, 7) is 18.9. The van der Waals surface area contributed by atoms with E-state index in [9.17, 15) is 19.5 Å². The highest BCUT2D eigenvalue weighted by Crippen LogP contribution is 2.36. The first-order valence-electron chi connectivity index (χ1n) is 15.0. The van der Waals surface area contributed by atoms with Crippen LogP contribution in [0.5, 0.6) is 5.75 Å². The van der Waals surface area contributed by atoms with E-state index in [1.54, 1.807) is 56.9 Å².